The summed E-state index contributed by atoms with van der Waals surface area (Å²) in [6.45, 7) is 3.38. The smallest absolute Gasteiger partial charge is 0.411 e. The van der Waals surface area contributed by atoms with Crippen LogP contribution in [-0.2, 0) is 4.74 Å². The van der Waals surface area contributed by atoms with Gasteiger partial charge in [-0.15, -0.1) is 0 Å². The summed E-state index contributed by atoms with van der Waals surface area (Å²) in [7, 11) is 0. The topological polar surface area (TPSA) is 95.9 Å². The van der Waals surface area contributed by atoms with Gasteiger partial charge in [-0.25, -0.2) is 9.59 Å². The lowest BCUT2D eigenvalue weighted by molar-refractivity contribution is 0.0693. The van der Waals surface area contributed by atoms with Crippen LogP contribution in [0.25, 0.3) is 0 Å². The van der Waals surface area contributed by atoms with Crippen molar-refractivity contribution in [3.63, 3.8) is 0 Å². The molecule has 0 aliphatic carbocycles. The van der Waals surface area contributed by atoms with Crippen LogP contribution in [0.4, 0.5) is 10.5 Å². The average Bonchev–Trinajstić information content (AvgIpc) is 2.32. The zero-order valence-corrected chi connectivity index (χ0v) is 9.90. The highest BCUT2D eigenvalue weighted by molar-refractivity contribution is 6.35. The maximum atomic E-state index is 11.2. The largest absolute Gasteiger partial charge is 0.505 e. The number of ether oxygens (including phenoxy) is 1. The highest BCUT2D eigenvalue weighted by Gasteiger charge is 2.17. The Labute approximate surface area is 107 Å². The number of carboxylic acid groups (broad SMARTS) is 1. The monoisotopic (exact) mass is 271 g/mol. The predicted molar refractivity (Wildman–Crippen MR) is 65.2 cm³/mol. The predicted octanol–water partition coefficient (Wildman–Crippen LogP) is 2.48. The number of hydrogen-bond acceptors (Lipinski definition) is 4. The van der Waals surface area contributed by atoms with E-state index in [4.69, 9.17) is 16.7 Å². The molecule has 0 saturated heterocycles. The van der Waals surface area contributed by atoms with E-state index in [9.17, 15) is 14.7 Å². The van der Waals surface area contributed by atoms with Crippen molar-refractivity contribution in [3.8, 4) is 5.75 Å². The summed E-state index contributed by atoms with van der Waals surface area (Å²) in [6.07, 6.45) is 0.589. The lowest BCUT2D eigenvalue weighted by atomic mass is 10.2. The minimum Gasteiger partial charge on any atom is -0.505 e. The van der Waals surface area contributed by atoms with Gasteiger partial charge in [-0.1, -0.05) is 24.3 Å². The number of amides is 1. The molecule has 0 saturated carbocycles. The lowest BCUT2D eigenvalue weighted by Crippen LogP contribution is -2.14. The van der Waals surface area contributed by atoms with Gasteiger partial charge in [0.2, 0.25) is 0 Å². The first kappa shape index (κ1) is 13.9. The molecule has 0 atom stereocenters. The van der Waals surface area contributed by atoms with Crippen molar-refractivity contribution in [3.05, 3.63) is 35.4 Å². The van der Waals surface area contributed by atoms with Gasteiger partial charge < -0.3 is 14.9 Å². The van der Waals surface area contributed by atoms with E-state index in [1.165, 1.54) is 12.1 Å². The van der Waals surface area contributed by atoms with Crippen LogP contribution in [0.3, 0.4) is 0 Å². The number of aromatic hydroxyl groups is 1. The van der Waals surface area contributed by atoms with Gasteiger partial charge in [0.25, 0.3) is 0 Å². The van der Waals surface area contributed by atoms with Crippen LogP contribution in [0.1, 0.15) is 10.4 Å². The molecule has 0 aromatic heterocycles. The van der Waals surface area contributed by atoms with Crippen molar-refractivity contribution in [1.82, 2.24) is 0 Å². The molecule has 0 radical (unpaired) electrons. The fraction of sp³-hybridized carbons (Fsp3) is 0.0909. The summed E-state index contributed by atoms with van der Waals surface area (Å²) in [4.78, 5) is 21.9. The number of carboxylic acids is 1. The summed E-state index contributed by atoms with van der Waals surface area (Å²) in [6, 6.07) is 2.37. The second kappa shape index (κ2) is 5.92. The molecule has 0 aliphatic rings. The third-order valence-electron chi connectivity index (χ3n) is 1.92. The van der Waals surface area contributed by atoms with Gasteiger partial charge in [0, 0.05) is 0 Å². The SMILES string of the molecule is C=CCOC(=O)Nc1ccc(C(=O)O)c(O)c1Cl. The van der Waals surface area contributed by atoms with Gasteiger partial charge in [0.05, 0.1) is 5.69 Å². The molecule has 1 aromatic rings. The summed E-state index contributed by atoms with van der Waals surface area (Å²) >= 11 is 5.72. The summed E-state index contributed by atoms with van der Waals surface area (Å²) < 4.78 is 4.64. The van der Waals surface area contributed by atoms with Crippen molar-refractivity contribution in [2.24, 2.45) is 0 Å². The molecule has 0 aliphatic heterocycles. The molecular weight excluding hydrogens is 262 g/mol. The molecule has 96 valence electrons. The molecule has 7 heteroatoms. The number of aromatic carboxylic acids is 1. The van der Waals surface area contributed by atoms with E-state index in [-0.39, 0.29) is 22.9 Å². The van der Waals surface area contributed by atoms with Gasteiger partial charge in [-0.05, 0) is 12.1 Å². The zero-order chi connectivity index (χ0) is 13.7. The Kier molecular flexibility index (Phi) is 4.56. The number of carbonyl (C=O) groups is 2. The molecule has 6 nitrogen and oxygen atoms in total. The maximum Gasteiger partial charge on any atom is 0.411 e. The molecule has 18 heavy (non-hydrogen) atoms. The highest BCUT2D eigenvalue weighted by atomic mass is 35.5. The second-order valence-corrected chi connectivity index (χ2v) is 3.52. The fourth-order valence-corrected chi connectivity index (χ4v) is 1.33. The van der Waals surface area contributed by atoms with Gasteiger partial charge >= 0.3 is 12.1 Å². The number of anilines is 1. The number of halogens is 1. The number of hydrogen-bond donors (Lipinski definition) is 3. The molecule has 0 fully saturated rings. The molecule has 3 N–H and O–H groups in total. The van der Waals surface area contributed by atoms with E-state index >= 15 is 0 Å². The molecule has 0 spiro atoms. The van der Waals surface area contributed by atoms with E-state index in [1.54, 1.807) is 0 Å². The first-order chi connectivity index (χ1) is 8.47. The molecule has 1 aromatic carbocycles. The average molecular weight is 272 g/mol. The molecule has 0 unspecified atom stereocenters. The van der Waals surface area contributed by atoms with Gasteiger partial charge in [-0.2, -0.15) is 0 Å². The number of phenols is 1. The van der Waals surface area contributed by atoms with Crippen molar-refractivity contribution in [1.29, 1.82) is 0 Å². The standard InChI is InChI=1S/C11H10ClNO5/c1-2-5-18-11(17)13-7-4-3-6(10(15)16)9(14)8(7)12/h2-4,14H,1,5H2,(H,13,17)(H,15,16). The minimum atomic E-state index is -1.32. The quantitative estimate of drug-likeness (QED) is 0.731. The van der Waals surface area contributed by atoms with Crippen LogP contribution in [0.2, 0.25) is 5.02 Å². The summed E-state index contributed by atoms with van der Waals surface area (Å²) in [5.41, 5.74) is -0.307. The minimum absolute atomic E-state index is 0.0165. The zero-order valence-electron chi connectivity index (χ0n) is 9.14. The van der Waals surface area contributed by atoms with E-state index in [0.29, 0.717) is 0 Å². The van der Waals surface area contributed by atoms with Gasteiger partial charge in [0.1, 0.15) is 17.2 Å². The molecule has 1 rings (SSSR count). The van der Waals surface area contributed by atoms with Gasteiger partial charge in [0.15, 0.2) is 5.75 Å². The van der Waals surface area contributed by atoms with E-state index in [2.05, 4.69) is 16.6 Å². The van der Waals surface area contributed by atoms with Crippen LogP contribution in [0.5, 0.6) is 5.75 Å². The van der Waals surface area contributed by atoms with E-state index < -0.39 is 17.8 Å². The Balaban J connectivity index is 2.92. The van der Waals surface area contributed by atoms with Crippen molar-refractivity contribution >= 4 is 29.4 Å². The summed E-state index contributed by atoms with van der Waals surface area (Å²) in [5.74, 6) is -1.94. The first-order valence-electron chi connectivity index (χ1n) is 4.76. The Morgan fingerprint density at radius 1 is 1.50 bits per heavy atom. The van der Waals surface area contributed by atoms with Crippen LogP contribution in [0.15, 0.2) is 24.8 Å². The van der Waals surface area contributed by atoms with Crippen LogP contribution >= 0.6 is 11.6 Å². The van der Waals surface area contributed by atoms with E-state index in [1.807, 2.05) is 0 Å². The molecule has 0 bridgehead atoms. The lowest BCUT2D eigenvalue weighted by Gasteiger charge is -2.09. The summed E-state index contributed by atoms with van der Waals surface area (Å²) in [5, 5.41) is 20.2. The normalized spacial score (nSPS) is 9.61. The molecular formula is C11H10ClNO5. The third kappa shape index (κ3) is 3.14. The number of benzene rings is 1. The molecule has 1 amide bonds. The van der Waals surface area contributed by atoms with Crippen molar-refractivity contribution in [2.45, 2.75) is 0 Å². The van der Waals surface area contributed by atoms with Crippen molar-refractivity contribution < 1.29 is 24.5 Å². The number of nitrogens with one attached hydrogen (secondary N) is 1. The second-order valence-electron chi connectivity index (χ2n) is 3.14. The van der Waals surface area contributed by atoms with Gasteiger partial charge in [-0.3, -0.25) is 5.32 Å². The Bertz CT molecular complexity index is 500. The van der Waals surface area contributed by atoms with Crippen LogP contribution in [-0.4, -0.2) is 28.9 Å². The van der Waals surface area contributed by atoms with Crippen LogP contribution < -0.4 is 5.32 Å². The van der Waals surface area contributed by atoms with Crippen molar-refractivity contribution in [2.75, 3.05) is 11.9 Å². The Hall–Kier alpha value is -2.21. The van der Waals surface area contributed by atoms with Crippen LogP contribution in [0, 0.1) is 0 Å². The third-order valence-corrected chi connectivity index (χ3v) is 2.30. The first-order valence-corrected chi connectivity index (χ1v) is 5.14. The fourth-order valence-electron chi connectivity index (χ4n) is 1.11. The Morgan fingerprint density at radius 2 is 2.17 bits per heavy atom. The Morgan fingerprint density at radius 3 is 2.72 bits per heavy atom. The van der Waals surface area contributed by atoms with E-state index in [0.717, 1.165) is 6.07 Å². The number of carbonyl (C=O) groups excluding carboxylic acids is 1. The number of rotatable bonds is 4. The highest BCUT2D eigenvalue weighted by Crippen LogP contribution is 2.34. The molecule has 0 heterocycles. The maximum absolute atomic E-state index is 11.2.